The van der Waals surface area contributed by atoms with Crippen LogP contribution in [0.15, 0.2) is 10.5 Å². The number of rotatable bonds is 7. The summed E-state index contributed by atoms with van der Waals surface area (Å²) in [4.78, 5) is 2.36. The minimum atomic E-state index is 0.161. The van der Waals surface area contributed by atoms with Crippen molar-refractivity contribution >= 4 is 0 Å². The van der Waals surface area contributed by atoms with Crippen LogP contribution in [-0.4, -0.2) is 51.0 Å². The normalized spacial score (nSPS) is 23.6. The van der Waals surface area contributed by atoms with Gasteiger partial charge in [-0.05, 0) is 19.5 Å². The highest BCUT2D eigenvalue weighted by Crippen LogP contribution is 2.21. The second kappa shape index (κ2) is 7.22. The van der Waals surface area contributed by atoms with Gasteiger partial charge in [0.2, 0.25) is 0 Å². The topological polar surface area (TPSA) is 46.9 Å². The molecule has 1 saturated heterocycles. The van der Waals surface area contributed by atoms with E-state index in [0.29, 0.717) is 0 Å². The first-order valence-electron chi connectivity index (χ1n) is 7.24. The summed E-state index contributed by atoms with van der Waals surface area (Å²) in [6.45, 7) is 8.57. The molecule has 1 fully saturated rings. The largest absolute Gasteiger partial charge is 0.465 e. The third-order valence-electron chi connectivity index (χ3n) is 3.91. The first kappa shape index (κ1) is 15.5. The van der Waals surface area contributed by atoms with Gasteiger partial charge in [0.1, 0.15) is 11.5 Å². The maximum Gasteiger partial charge on any atom is 0.118 e. The highest BCUT2D eigenvalue weighted by molar-refractivity contribution is 5.21. The second-order valence-corrected chi connectivity index (χ2v) is 5.32. The fraction of sp³-hybridized carbons (Fsp3) is 0.733. The second-order valence-electron chi connectivity index (χ2n) is 5.32. The zero-order chi connectivity index (χ0) is 14.5. The summed E-state index contributed by atoms with van der Waals surface area (Å²) in [6, 6.07) is 2.15. The fourth-order valence-electron chi connectivity index (χ4n) is 2.72. The van der Waals surface area contributed by atoms with Crippen LogP contribution >= 0.6 is 0 Å². The third kappa shape index (κ3) is 3.61. The molecule has 20 heavy (non-hydrogen) atoms. The summed E-state index contributed by atoms with van der Waals surface area (Å²) in [5.74, 6) is 2.01. The Morgan fingerprint density at radius 2 is 1.95 bits per heavy atom. The Bertz CT molecular complexity index is 407. The van der Waals surface area contributed by atoms with E-state index in [4.69, 9.17) is 13.9 Å². The molecule has 0 aliphatic carbocycles. The lowest BCUT2D eigenvalue weighted by atomic mass is 10.2. The first-order valence-corrected chi connectivity index (χ1v) is 7.24. The molecule has 0 aromatic carbocycles. The molecule has 114 valence electrons. The lowest BCUT2D eigenvalue weighted by Crippen LogP contribution is -2.27. The summed E-state index contributed by atoms with van der Waals surface area (Å²) in [5, 5.41) is 3.28. The van der Waals surface area contributed by atoms with Crippen molar-refractivity contribution in [3.05, 3.63) is 23.2 Å². The predicted octanol–water partition coefficient (Wildman–Crippen LogP) is 1.54. The molecule has 0 spiro atoms. The van der Waals surface area contributed by atoms with E-state index < -0.39 is 0 Å². The van der Waals surface area contributed by atoms with Crippen LogP contribution in [0, 0.1) is 6.92 Å². The molecular weight excluding hydrogens is 256 g/mol. The number of hydrogen-bond acceptors (Lipinski definition) is 5. The van der Waals surface area contributed by atoms with Gasteiger partial charge >= 0.3 is 0 Å². The van der Waals surface area contributed by atoms with Gasteiger partial charge in [0, 0.05) is 39.4 Å². The van der Waals surface area contributed by atoms with E-state index in [1.807, 2.05) is 6.92 Å². The van der Waals surface area contributed by atoms with Gasteiger partial charge in [-0.3, -0.25) is 4.90 Å². The third-order valence-corrected chi connectivity index (χ3v) is 3.91. The van der Waals surface area contributed by atoms with Crippen molar-refractivity contribution in [1.82, 2.24) is 10.2 Å². The molecule has 2 heterocycles. The lowest BCUT2D eigenvalue weighted by molar-refractivity contribution is -0.00461. The van der Waals surface area contributed by atoms with Crippen LogP contribution in [0.2, 0.25) is 0 Å². The average Bonchev–Trinajstić information content (AvgIpc) is 3.00. The molecule has 0 saturated carbocycles. The monoisotopic (exact) mass is 282 g/mol. The maximum absolute atomic E-state index is 5.78. The van der Waals surface area contributed by atoms with E-state index in [9.17, 15) is 0 Å². The minimum absolute atomic E-state index is 0.161. The van der Waals surface area contributed by atoms with Crippen molar-refractivity contribution in [2.45, 2.75) is 39.1 Å². The highest BCUT2D eigenvalue weighted by atomic mass is 16.5. The van der Waals surface area contributed by atoms with Crippen LogP contribution in [0.1, 0.15) is 24.0 Å². The van der Waals surface area contributed by atoms with Gasteiger partial charge in [-0.1, -0.05) is 6.92 Å². The van der Waals surface area contributed by atoms with Gasteiger partial charge in [-0.15, -0.1) is 0 Å². The lowest BCUT2D eigenvalue weighted by Gasteiger charge is -2.14. The summed E-state index contributed by atoms with van der Waals surface area (Å²) in [7, 11) is 3.50. The Labute approximate surface area is 121 Å². The van der Waals surface area contributed by atoms with Crippen LogP contribution in [-0.2, 0) is 22.6 Å². The summed E-state index contributed by atoms with van der Waals surface area (Å²) < 4.78 is 16.7. The van der Waals surface area contributed by atoms with Crippen LogP contribution in [0.25, 0.3) is 0 Å². The summed E-state index contributed by atoms with van der Waals surface area (Å²) in [5.41, 5.74) is 1.25. The zero-order valence-electron chi connectivity index (χ0n) is 12.9. The number of likely N-dealkylation sites (tertiary alicyclic amines) is 1. The molecular formula is C15H26N2O3. The van der Waals surface area contributed by atoms with Gasteiger partial charge in [0.25, 0.3) is 0 Å². The Morgan fingerprint density at radius 3 is 2.50 bits per heavy atom. The number of ether oxygens (including phenoxy) is 2. The predicted molar refractivity (Wildman–Crippen MR) is 77.7 cm³/mol. The number of nitrogens with zero attached hydrogens (tertiary/aromatic N) is 1. The molecule has 1 N–H and O–H groups in total. The molecule has 2 rings (SSSR count). The Balaban J connectivity index is 1.95. The molecule has 1 aromatic heterocycles. The van der Waals surface area contributed by atoms with E-state index in [2.05, 4.69) is 23.2 Å². The highest BCUT2D eigenvalue weighted by Gasteiger charge is 2.33. The average molecular weight is 282 g/mol. The van der Waals surface area contributed by atoms with Crippen molar-refractivity contribution in [1.29, 1.82) is 0 Å². The van der Waals surface area contributed by atoms with Crippen LogP contribution in [0.4, 0.5) is 0 Å². The molecule has 2 unspecified atom stereocenters. The van der Waals surface area contributed by atoms with Gasteiger partial charge in [-0.2, -0.15) is 0 Å². The number of furan rings is 1. The van der Waals surface area contributed by atoms with Crippen LogP contribution < -0.4 is 5.32 Å². The Kier molecular flexibility index (Phi) is 5.60. The van der Waals surface area contributed by atoms with Crippen LogP contribution in [0.5, 0.6) is 0 Å². The van der Waals surface area contributed by atoms with E-state index in [1.165, 1.54) is 5.56 Å². The number of hydrogen-bond donors (Lipinski definition) is 1. The molecule has 2 atom stereocenters. The van der Waals surface area contributed by atoms with Crippen molar-refractivity contribution in [2.75, 3.05) is 33.9 Å². The van der Waals surface area contributed by atoms with Crippen molar-refractivity contribution in [3.63, 3.8) is 0 Å². The smallest absolute Gasteiger partial charge is 0.118 e. The number of methoxy groups -OCH3 is 2. The van der Waals surface area contributed by atoms with Gasteiger partial charge < -0.3 is 19.2 Å². The van der Waals surface area contributed by atoms with E-state index >= 15 is 0 Å². The minimum Gasteiger partial charge on any atom is -0.465 e. The summed E-state index contributed by atoms with van der Waals surface area (Å²) in [6.07, 6.45) is 0.321. The van der Waals surface area contributed by atoms with Crippen molar-refractivity contribution < 1.29 is 13.9 Å². The molecule has 1 aliphatic heterocycles. The van der Waals surface area contributed by atoms with E-state index in [1.54, 1.807) is 14.2 Å². The van der Waals surface area contributed by atoms with Crippen molar-refractivity contribution in [3.8, 4) is 0 Å². The summed E-state index contributed by atoms with van der Waals surface area (Å²) >= 11 is 0. The first-order chi connectivity index (χ1) is 9.67. The molecule has 0 amide bonds. The number of aryl methyl sites for hydroxylation is 1. The quantitative estimate of drug-likeness (QED) is 0.822. The maximum atomic E-state index is 5.78. The Morgan fingerprint density at radius 1 is 1.30 bits per heavy atom. The van der Waals surface area contributed by atoms with Crippen molar-refractivity contribution in [2.24, 2.45) is 0 Å². The van der Waals surface area contributed by atoms with E-state index in [0.717, 1.165) is 44.2 Å². The van der Waals surface area contributed by atoms with Gasteiger partial charge in [-0.25, -0.2) is 0 Å². The molecule has 5 heteroatoms. The van der Waals surface area contributed by atoms with Gasteiger partial charge in [0.05, 0.1) is 18.8 Å². The standard InChI is InChI=1S/C15H26N2O3/c1-5-16-7-13-6-12(11(2)20-13)8-17-9-14(18-3)15(10-17)19-4/h6,14-16H,5,7-10H2,1-4H3. The Hall–Kier alpha value is -0.880. The molecule has 5 nitrogen and oxygen atoms in total. The zero-order valence-corrected chi connectivity index (χ0v) is 12.9. The fourth-order valence-corrected chi connectivity index (χ4v) is 2.72. The van der Waals surface area contributed by atoms with E-state index in [-0.39, 0.29) is 12.2 Å². The molecule has 1 aliphatic rings. The molecule has 0 radical (unpaired) electrons. The number of nitrogens with one attached hydrogen (secondary N) is 1. The van der Waals surface area contributed by atoms with Gasteiger partial charge in [0.15, 0.2) is 0 Å². The van der Waals surface area contributed by atoms with Crippen LogP contribution in [0.3, 0.4) is 0 Å². The molecule has 0 bridgehead atoms. The SMILES string of the molecule is CCNCc1cc(CN2CC(OC)C(OC)C2)c(C)o1. The molecule has 1 aromatic rings.